The maximum absolute atomic E-state index is 9.13. The topological polar surface area (TPSA) is 41.5 Å². The lowest BCUT2D eigenvalue weighted by Gasteiger charge is -2.33. The molecule has 0 spiro atoms. The number of rotatable bonds is 4. The van der Waals surface area contributed by atoms with Crippen molar-refractivity contribution in [1.82, 2.24) is 0 Å². The molecule has 1 aromatic carbocycles. The van der Waals surface area contributed by atoms with Gasteiger partial charge in [-0.1, -0.05) is 26.0 Å². The summed E-state index contributed by atoms with van der Waals surface area (Å²) in [6.07, 6.45) is 2.46. The Kier molecular flexibility index (Phi) is 4.61. The average Bonchev–Trinajstić information content (AvgIpc) is 2.39. The molecule has 2 atom stereocenters. The molecular weight excluding hydrogens is 226 g/mol. The molecule has 0 aromatic heterocycles. The average molecular weight is 249 g/mol. The molecular formula is C15H23NO2. The van der Waals surface area contributed by atoms with E-state index in [-0.39, 0.29) is 6.61 Å². The largest absolute Gasteiger partial charge is 0.392 e. The molecule has 0 amide bonds. The van der Waals surface area contributed by atoms with E-state index in [0.29, 0.717) is 18.1 Å². The van der Waals surface area contributed by atoms with Crippen molar-refractivity contribution in [2.24, 2.45) is 5.92 Å². The fraction of sp³-hybridized carbons (Fsp3) is 0.600. The van der Waals surface area contributed by atoms with E-state index in [4.69, 9.17) is 9.84 Å². The minimum absolute atomic E-state index is 0.0952. The Morgan fingerprint density at radius 3 is 3.00 bits per heavy atom. The van der Waals surface area contributed by atoms with Crippen LogP contribution in [0.5, 0.6) is 0 Å². The maximum Gasteiger partial charge on any atom is 0.0682 e. The van der Waals surface area contributed by atoms with Crippen LogP contribution < -0.4 is 5.32 Å². The van der Waals surface area contributed by atoms with Gasteiger partial charge in [0, 0.05) is 18.3 Å². The summed E-state index contributed by atoms with van der Waals surface area (Å²) in [5.74, 6) is 0.568. The van der Waals surface area contributed by atoms with Crippen LogP contribution in [-0.2, 0) is 11.3 Å². The van der Waals surface area contributed by atoms with Gasteiger partial charge in [-0.15, -0.1) is 0 Å². The van der Waals surface area contributed by atoms with Crippen molar-refractivity contribution in [1.29, 1.82) is 0 Å². The molecule has 0 aliphatic carbocycles. The highest BCUT2D eigenvalue weighted by molar-refractivity contribution is 5.46. The highest BCUT2D eigenvalue weighted by Crippen LogP contribution is 2.23. The van der Waals surface area contributed by atoms with Crippen LogP contribution >= 0.6 is 0 Å². The fourth-order valence-corrected chi connectivity index (χ4v) is 2.42. The summed E-state index contributed by atoms with van der Waals surface area (Å²) in [7, 11) is 0. The number of nitrogens with one attached hydrogen (secondary N) is 1. The molecule has 1 aliphatic rings. The third-order valence-corrected chi connectivity index (χ3v) is 3.54. The van der Waals surface area contributed by atoms with Gasteiger partial charge in [0.1, 0.15) is 0 Å². The van der Waals surface area contributed by atoms with Gasteiger partial charge in [0.15, 0.2) is 0 Å². The molecule has 0 radical (unpaired) electrons. The van der Waals surface area contributed by atoms with Crippen molar-refractivity contribution in [3.63, 3.8) is 0 Å². The van der Waals surface area contributed by atoms with Gasteiger partial charge < -0.3 is 15.2 Å². The highest BCUT2D eigenvalue weighted by atomic mass is 16.5. The zero-order valence-corrected chi connectivity index (χ0v) is 11.2. The van der Waals surface area contributed by atoms with Crippen LogP contribution in [0.25, 0.3) is 0 Å². The van der Waals surface area contributed by atoms with E-state index < -0.39 is 0 Å². The van der Waals surface area contributed by atoms with E-state index in [1.807, 2.05) is 18.2 Å². The number of aliphatic hydroxyl groups is 1. The smallest absolute Gasteiger partial charge is 0.0682 e. The van der Waals surface area contributed by atoms with Crippen LogP contribution in [0.1, 0.15) is 32.3 Å². The first-order chi connectivity index (χ1) is 8.69. The van der Waals surface area contributed by atoms with E-state index in [1.165, 1.54) is 0 Å². The van der Waals surface area contributed by atoms with Crippen molar-refractivity contribution in [3.05, 3.63) is 29.8 Å². The van der Waals surface area contributed by atoms with Gasteiger partial charge >= 0.3 is 0 Å². The molecule has 3 nitrogen and oxygen atoms in total. The molecule has 18 heavy (non-hydrogen) atoms. The van der Waals surface area contributed by atoms with Gasteiger partial charge in [-0.25, -0.2) is 0 Å². The van der Waals surface area contributed by atoms with Crippen molar-refractivity contribution in [2.75, 3.05) is 11.9 Å². The van der Waals surface area contributed by atoms with Crippen LogP contribution in [0.4, 0.5) is 5.69 Å². The second kappa shape index (κ2) is 6.21. The molecule has 1 aromatic rings. The quantitative estimate of drug-likeness (QED) is 0.862. The van der Waals surface area contributed by atoms with Gasteiger partial charge in [-0.05, 0) is 36.5 Å². The first-order valence-corrected chi connectivity index (χ1v) is 6.77. The highest BCUT2D eigenvalue weighted by Gasteiger charge is 2.24. The van der Waals surface area contributed by atoms with Gasteiger partial charge in [-0.2, -0.15) is 0 Å². The lowest BCUT2D eigenvalue weighted by atomic mass is 9.95. The second-order valence-electron chi connectivity index (χ2n) is 5.38. The summed E-state index contributed by atoms with van der Waals surface area (Å²) in [5, 5.41) is 12.7. The lowest BCUT2D eigenvalue weighted by molar-refractivity contribution is -0.0160. The van der Waals surface area contributed by atoms with E-state index in [2.05, 4.69) is 25.2 Å². The minimum Gasteiger partial charge on any atom is -0.392 e. The van der Waals surface area contributed by atoms with Crippen LogP contribution in [0, 0.1) is 5.92 Å². The minimum atomic E-state index is 0.0952. The van der Waals surface area contributed by atoms with Crippen LogP contribution in [0.15, 0.2) is 24.3 Å². The Bertz CT molecular complexity index is 379. The first kappa shape index (κ1) is 13.4. The number of hydrogen-bond donors (Lipinski definition) is 2. The molecule has 1 saturated heterocycles. The summed E-state index contributed by atoms with van der Waals surface area (Å²) in [6, 6.07) is 8.46. The van der Waals surface area contributed by atoms with Crippen molar-refractivity contribution in [3.8, 4) is 0 Å². The van der Waals surface area contributed by atoms with E-state index in [9.17, 15) is 0 Å². The Morgan fingerprint density at radius 1 is 1.44 bits per heavy atom. The lowest BCUT2D eigenvalue weighted by Crippen LogP contribution is -2.36. The summed E-state index contributed by atoms with van der Waals surface area (Å²) < 4.78 is 5.77. The number of anilines is 1. The van der Waals surface area contributed by atoms with Gasteiger partial charge in [-0.3, -0.25) is 0 Å². The molecule has 2 N–H and O–H groups in total. The summed E-state index contributed by atoms with van der Waals surface area (Å²) >= 11 is 0. The molecule has 1 fully saturated rings. The number of benzene rings is 1. The van der Waals surface area contributed by atoms with E-state index in [1.54, 1.807) is 0 Å². The normalized spacial score (nSPS) is 24.2. The number of hydrogen-bond acceptors (Lipinski definition) is 3. The molecule has 2 unspecified atom stereocenters. The summed E-state index contributed by atoms with van der Waals surface area (Å²) in [4.78, 5) is 0. The van der Waals surface area contributed by atoms with Crippen molar-refractivity contribution < 1.29 is 9.84 Å². The van der Waals surface area contributed by atoms with Crippen molar-refractivity contribution in [2.45, 2.75) is 45.4 Å². The Labute approximate surface area is 109 Å². The van der Waals surface area contributed by atoms with Gasteiger partial charge in [0.25, 0.3) is 0 Å². The van der Waals surface area contributed by atoms with E-state index in [0.717, 1.165) is 30.7 Å². The Morgan fingerprint density at radius 2 is 2.28 bits per heavy atom. The molecule has 0 bridgehead atoms. The van der Waals surface area contributed by atoms with Crippen LogP contribution in [0.3, 0.4) is 0 Å². The van der Waals surface area contributed by atoms with Gasteiger partial charge in [0.05, 0.1) is 12.7 Å². The van der Waals surface area contributed by atoms with E-state index >= 15 is 0 Å². The molecule has 100 valence electrons. The molecule has 1 heterocycles. The monoisotopic (exact) mass is 249 g/mol. The SMILES string of the molecule is CC(C)C1CC(Nc2cccc(CO)c2)CCO1. The Balaban J connectivity index is 1.95. The first-order valence-electron chi connectivity index (χ1n) is 6.77. The molecule has 1 aliphatic heterocycles. The van der Waals surface area contributed by atoms with Gasteiger partial charge in [0.2, 0.25) is 0 Å². The summed E-state index contributed by atoms with van der Waals surface area (Å²) in [5.41, 5.74) is 2.04. The molecule has 2 rings (SSSR count). The predicted octanol–water partition coefficient (Wildman–Crippen LogP) is 2.79. The standard InChI is InChI=1S/C15H23NO2/c1-11(2)15-9-14(6-7-18-15)16-13-5-3-4-12(8-13)10-17/h3-5,8,11,14-17H,6-7,9-10H2,1-2H3. The van der Waals surface area contributed by atoms with Crippen LogP contribution in [-0.4, -0.2) is 23.9 Å². The Hall–Kier alpha value is -1.06. The molecule has 3 heteroatoms. The fourth-order valence-electron chi connectivity index (χ4n) is 2.42. The maximum atomic E-state index is 9.13. The van der Waals surface area contributed by atoms with Crippen molar-refractivity contribution >= 4 is 5.69 Å². The zero-order chi connectivity index (χ0) is 13.0. The second-order valence-corrected chi connectivity index (χ2v) is 5.38. The van der Waals surface area contributed by atoms with Crippen LogP contribution in [0.2, 0.25) is 0 Å². The summed E-state index contributed by atoms with van der Waals surface area (Å²) in [6.45, 7) is 5.34. The number of ether oxygens (including phenoxy) is 1. The third-order valence-electron chi connectivity index (χ3n) is 3.54. The third kappa shape index (κ3) is 3.47. The zero-order valence-electron chi connectivity index (χ0n) is 11.2. The molecule has 0 saturated carbocycles. The number of aliphatic hydroxyl groups excluding tert-OH is 1. The predicted molar refractivity (Wildman–Crippen MR) is 73.6 cm³/mol.